The van der Waals surface area contributed by atoms with Crippen molar-refractivity contribution in [2.24, 2.45) is 0 Å². The molecular weight excluding hydrogens is 486 g/mol. The first kappa shape index (κ1) is 23.6. The van der Waals surface area contributed by atoms with Gasteiger partial charge in [0, 0.05) is 11.8 Å². The molecule has 0 unspecified atom stereocenters. The van der Waals surface area contributed by atoms with Gasteiger partial charge in [-0.25, -0.2) is 0 Å². The number of nitriles is 1. The second-order valence-corrected chi connectivity index (χ2v) is 9.91. The van der Waals surface area contributed by atoms with Crippen LogP contribution in [-0.2, 0) is 5.41 Å². The zero-order valence-corrected chi connectivity index (χ0v) is 21.8. The first-order valence-corrected chi connectivity index (χ1v) is 13.4. The van der Waals surface area contributed by atoms with Crippen LogP contribution in [0.4, 0.5) is 17.1 Å². The quantitative estimate of drug-likeness (QED) is 0.237. The third kappa shape index (κ3) is 3.55. The van der Waals surface area contributed by atoms with Gasteiger partial charge in [0.25, 0.3) is 0 Å². The summed E-state index contributed by atoms with van der Waals surface area (Å²) < 4.78 is 0. The molecule has 7 rings (SSSR count). The minimum absolute atomic E-state index is 0.514. The highest BCUT2D eigenvalue weighted by atomic mass is 15.2. The van der Waals surface area contributed by atoms with E-state index in [1.807, 2.05) is 12.1 Å². The Bertz CT molecular complexity index is 1780. The zero-order valence-electron chi connectivity index (χ0n) is 21.8. The zero-order chi connectivity index (χ0) is 26.9. The molecule has 3 heteroatoms. The molecule has 1 aliphatic heterocycles. The number of nitrogens with zero attached hydrogens (tertiary/aromatic N) is 3. The Hall–Kier alpha value is -5.46. The predicted octanol–water partition coefficient (Wildman–Crippen LogP) is 8.79. The van der Waals surface area contributed by atoms with E-state index in [1.165, 1.54) is 22.3 Å². The first-order chi connectivity index (χ1) is 19.8. The van der Waals surface area contributed by atoms with Gasteiger partial charge in [0.05, 0.1) is 39.8 Å². The van der Waals surface area contributed by atoms with Crippen molar-refractivity contribution in [1.82, 2.24) is 4.98 Å². The van der Waals surface area contributed by atoms with E-state index in [9.17, 15) is 5.26 Å². The van der Waals surface area contributed by atoms with Gasteiger partial charge in [0.2, 0.25) is 0 Å². The van der Waals surface area contributed by atoms with E-state index in [0.29, 0.717) is 5.56 Å². The van der Waals surface area contributed by atoms with Gasteiger partial charge in [-0.1, -0.05) is 115 Å². The number of fused-ring (bicyclic) bond motifs is 2. The lowest BCUT2D eigenvalue weighted by molar-refractivity contribution is 0.731. The molecule has 6 aromatic rings. The molecule has 0 N–H and O–H groups in total. The minimum atomic E-state index is -0.514. The van der Waals surface area contributed by atoms with Crippen LogP contribution in [0.25, 0.3) is 11.3 Å². The van der Waals surface area contributed by atoms with Crippen LogP contribution in [-0.4, -0.2) is 4.98 Å². The molecule has 0 saturated carbocycles. The van der Waals surface area contributed by atoms with E-state index >= 15 is 0 Å². The van der Waals surface area contributed by atoms with E-state index in [2.05, 4.69) is 143 Å². The van der Waals surface area contributed by atoms with Crippen molar-refractivity contribution in [2.45, 2.75) is 5.41 Å². The number of anilines is 3. The molecule has 0 spiro atoms. The summed E-state index contributed by atoms with van der Waals surface area (Å²) in [5.41, 5.74) is 9.90. The Morgan fingerprint density at radius 2 is 1.05 bits per heavy atom. The molecule has 0 radical (unpaired) electrons. The second kappa shape index (κ2) is 9.69. The normalized spacial score (nSPS) is 13.1. The van der Waals surface area contributed by atoms with E-state index in [1.54, 1.807) is 12.3 Å². The summed E-state index contributed by atoms with van der Waals surface area (Å²) in [6.07, 6.45) is 1.71. The Labute approximate surface area is 234 Å². The Balaban J connectivity index is 1.58. The highest BCUT2D eigenvalue weighted by Gasteiger charge is 2.46. The van der Waals surface area contributed by atoms with Crippen molar-refractivity contribution < 1.29 is 0 Å². The fourth-order valence-electron chi connectivity index (χ4n) is 6.20. The van der Waals surface area contributed by atoms with Crippen molar-refractivity contribution in [1.29, 1.82) is 5.26 Å². The summed E-state index contributed by atoms with van der Waals surface area (Å²) in [5, 5.41) is 9.57. The van der Waals surface area contributed by atoms with Crippen LogP contribution in [0.1, 0.15) is 27.8 Å². The fraction of sp³-hybridized carbons (Fsp3) is 0.0270. The second-order valence-electron chi connectivity index (χ2n) is 9.91. The van der Waals surface area contributed by atoms with E-state index < -0.39 is 5.41 Å². The summed E-state index contributed by atoms with van der Waals surface area (Å²) in [4.78, 5) is 7.02. The van der Waals surface area contributed by atoms with Gasteiger partial charge in [0.1, 0.15) is 0 Å². The minimum Gasteiger partial charge on any atom is -0.309 e. The molecular formula is C37H25N3. The first-order valence-electron chi connectivity index (χ1n) is 13.4. The number of benzene rings is 5. The Kier molecular flexibility index (Phi) is 5.73. The highest BCUT2D eigenvalue weighted by Crippen LogP contribution is 2.58. The van der Waals surface area contributed by atoms with Gasteiger partial charge in [-0.3, -0.25) is 4.98 Å². The average molecular weight is 512 g/mol. The summed E-state index contributed by atoms with van der Waals surface area (Å²) in [6.45, 7) is 0. The molecule has 5 aromatic carbocycles. The van der Waals surface area contributed by atoms with Gasteiger partial charge in [0.15, 0.2) is 0 Å². The molecule has 3 nitrogen and oxygen atoms in total. The van der Waals surface area contributed by atoms with Gasteiger partial charge in [-0.05, 0) is 52.6 Å². The lowest BCUT2D eigenvalue weighted by Gasteiger charge is -2.46. The highest BCUT2D eigenvalue weighted by molar-refractivity contribution is 5.94. The summed E-state index contributed by atoms with van der Waals surface area (Å²) >= 11 is 0. The number of hydrogen-bond acceptors (Lipinski definition) is 3. The molecule has 0 fully saturated rings. The monoisotopic (exact) mass is 511 g/mol. The molecule has 188 valence electrons. The maximum Gasteiger partial charge on any atom is 0.0992 e. The van der Waals surface area contributed by atoms with Crippen LogP contribution < -0.4 is 4.90 Å². The van der Waals surface area contributed by atoms with Crippen LogP contribution in [0.15, 0.2) is 152 Å². The van der Waals surface area contributed by atoms with Gasteiger partial charge in [-0.15, -0.1) is 0 Å². The Morgan fingerprint density at radius 1 is 0.550 bits per heavy atom. The van der Waals surface area contributed by atoms with E-state index in [-0.39, 0.29) is 0 Å². The fourth-order valence-corrected chi connectivity index (χ4v) is 6.20. The summed E-state index contributed by atoms with van der Waals surface area (Å²) in [6, 6.07) is 53.2. The number of hydrogen-bond donors (Lipinski definition) is 0. The van der Waals surface area contributed by atoms with Gasteiger partial charge < -0.3 is 4.90 Å². The maximum absolute atomic E-state index is 9.57. The Morgan fingerprint density at radius 3 is 1.62 bits per heavy atom. The number of aromatic nitrogens is 1. The average Bonchev–Trinajstić information content (AvgIpc) is 3.04. The van der Waals surface area contributed by atoms with E-state index in [0.717, 1.165) is 28.3 Å². The molecule has 0 saturated heterocycles. The van der Waals surface area contributed by atoms with E-state index in [4.69, 9.17) is 0 Å². The number of para-hydroxylation sites is 3. The van der Waals surface area contributed by atoms with Crippen LogP contribution in [0, 0.1) is 11.3 Å². The molecule has 0 atom stereocenters. The lowest BCUT2D eigenvalue weighted by atomic mass is 9.62. The molecule has 1 aliphatic rings. The van der Waals surface area contributed by atoms with Crippen molar-refractivity contribution in [2.75, 3.05) is 4.90 Å². The molecule has 1 aromatic heterocycles. The standard InChI is InChI=1S/C37H25N3/c38-26-27-23-24-39-33(25-27)30-17-7-10-20-34(30)40-35-21-11-8-18-31(35)37(28-13-3-1-4-14-28,29-15-5-2-6-16-29)32-19-9-12-22-36(32)40/h1-25H. The summed E-state index contributed by atoms with van der Waals surface area (Å²) in [5.74, 6) is 0. The van der Waals surface area contributed by atoms with Crippen molar-refractivity contribution in [3.8, 4) is 17.3 Å². The van der Waals surface area contributed by atoms with Crippen molar-refractivity contribution in [3.63, 3.8) is 0 Å². The predicted molar refractivity (Wildman–Crippen MR) is 161 cm³/mol. The lowest BCUT2D eigenvalue weighted by Crippen LogP contribution is -2.37. The summed E-state index contributed by atoms with van der Waals surface area (Å²) in [7, 11) is 0. The molecule has 0 aliphatic carbocycles. The van der Waals surface area contributed by atoms with Crippen LogP contribution in [0.3, 0.4) is 0 Å². The third-order valence-corrected chi connectivity index (χ3v) is 7.82. The van der Waals surface area contributed by atoms with Crippen LogP contribution >= 0.6 is 0 Å². The molecule has 0 amide bonds. The largest absolute Gasteiger partial charge is 0.309 e. The number of pyridine rings is 1. The molecule has 2 heterocycles. The SMILES string of the molecule is N#Cc1ccnc(-c2ccccc2N2c3ccccc3C(c3ccccc3)(c3ccccc3)c3ccccc32)c1. The maximum atomic E-state index is 9.57. The molecule has 0 bridgehead atoms. The van der Waals surface area contributed by atoms with Crippen molar-refractivity contribution >= 4 is 17.1 Å². The molecule has 40 heavy (non-hydrogen) atoms. The topological polar surface area (TPSA) is 39.9 Å². The third-order valence-electron chi connectivity index (χ3n) is 7.82. The van der Waals surface area contributed by atoms with Crippen LogP contribution in [0.2, 0.25) is 0 Å². The number of rotatable bonds is 4. The van der Waals surface area contributed by atoms with Crippen LogP contribution in [0.5, 0.6) is 0 Å². The smallest absolute Gasteiger partial charge is 0.0992 e. The van der Waals surface area contributed by atoms with Crippen molar-refractivity contribution in [3.05, 3.63) is 180 Å². The van der Waals surface area contributed by atoms with Gasteiger partial charge in [-0.2, -0.15) is 5.26 Å². The van der Waals surface area contributed by atoms with Gasteiger partial charge >= 0.3 is 0 Å².